The van der Waals surface area contributed by atoms with E-state index in [9.17, 15) is 18.0 Å². The summed E-state index contributed by atoms with van der Waals surface area (Å²) in [5.74, 6) is 0.348. The standard InChI is InChI=1S/C23H19F3N6O3/c1-34-17-7-14(32-16-10-35-9-15(16)20-21(32)22(27)30-11-29-20)4-2-12(17)6-19(33)31-13-3-5-18(28-8-13)23(24,25)26/h2-5,7-8,11H,6,9-10H2,1H3,(H,31,33)(H2,27,29,30). The fourth-order valence-corrected chi connectivity index (χ4v) is 4.11. The maximum atomic E-state index is 12.7. The number of amides is 1. The lowest BCUT2D eigenvalue weighted by molar-refractivity contribution is -0.141. The minimum atomic E-state index is -4.55. The molecule has 9 nitrogen and oxygen atoms in total. The Bertz CT molecular complexity index is 1430. The Labute approximate surface area is 196 Å². The number of carbonyl (C=O) groups excluding carboxylic acids is 1. The number of hydrogen-bond donors (Lipinski definition) is 2. The zero-order chi connectivity index (χ0) is 24.7. The third-order valence-corrected chi connectivity index (χ3v) is 5.68. The van der Waals surface area contributed by atoms with Crippen LogP contribution < -0.4 is 15.8 Å². The number of rotatable bonds is 5. The summed E-state index contributed by atoms with van der Waals surface area (Å²) in [7, 11) is 1.49. The highest BCUT2D eigenvalue weighted by atomic mass is 19.4. The number of nitrogens with one attached hydrogen (secondary N) is 1. The van der Waals surface area contributed by atoms with Gasteiger partial charge in [0, 0.05) is 22.9 Å². The van der Waals surface area contributed by atoms with Crippen LogP contribution in [0.4, 0.5) is 24.7 Å². The summed E-state index contributed by atoms with van der Waals surface area (Å²) in [5, 5.41) is 2.55. The van der Waals surface area contributed by atoms with Crippen molar-refractivity contribution in [3.8, 4) is 11.4 Å². The minimum absolute atomic E-state index is 0.0661. The average Bonchev–Trinajstić information content (AvgIpc) is 3.41. The molecular formula is C23H19F3N6O3. The van der Waals surface area contributed by atoms with Gasteiger partial charge in [-0.1, -0.05) is 6.07 Å². The van der Waals surface area contributed by atoms with Gasteiger partial charge in [0.1, 0.15) is 28.8 Å². The van der Waals surface area contributed by atoms with Gasteiger partial charge in [0.2, 0.25) is 5.91 Å². The Balaban J connectivity index is 1.42. The second-order valence-electron chi connectivity index (χ2n) is 7.86. The summed E-state index contributed by atoms with van der Waals surface area (Å²) in [6.07, 6.45) is -2.24. The van der Waals surface area contributed by atoms with Gasteiger partial charge in [-0.05, 0) is 18.2 Å². The lowest BCUT2D eigenvalue weighted by Crippen LogP contribution is -2.16. The van der Waals surface area contributed by atoms with E-state index in [1.807, 2.05) is 10.6 Å². The number of hydrogen-bond acceptors (Lipinski definition) is 7. The fraction of sp³-hybridized carbons (Fsp3) is 0.217. The average molecular weight is 484 g/mol. The minimum Gasteiger partial charge on any atom is -0.496 e. The first-order valence-electron chi connectivity index (χ1n) is 10.5. The number of pyridine rings is 1. The number of anilines is 2. The van der Waals surface area contributed by atoms with Gasteiger partial charge >= 0.3 is 6.18 Å². The Morgan fingerprint density at radius 1 is 1.20 bits per heavy atom. The van der Waals surface area contributed by atoms with Crippen molar-refractivity contribution in [1.82, 2.24) is 19.5 Å². The number of fused-ring (bicyclic) bond motifs is 3. The summed E-state index contributed by atoms with van der Waals surface area (Å²) in [5.41, 5.74) is 9.85. The zero-order valence-corrected chi connectivity index (χ0v) is 18.4. The Morgan fingerprint density at radius 2 is 2.03 bits per heavy atom. The van der Waals surface area contributed by atoms with E-state index in [4.69, 9.17) is 15.2 Å². The number of benzene rings is 1. The van der Waals surface area contributed by atoms with Crippen molar-refractivity contribution < 1.29 is 27.4 Å². The van der Waals surface area contributed by atoms with E-state index in [0.29, 0.717) is 35.9 Å². The zero-order valence-electron chi connectivity index (χ0n) is 18.4. The molecule has 12 heteroatoms. The molecule has 0 aliphatic carbocycles. The summed E-state index contributed by atoms with van der Waals surface area (Å²) >= 11 is 0. The molecule has 35 heavy (non-hydrogen) atoms. The number of ether oxygens (including phenoxy) is 2. The molecule has 1 amide bonds. The van der Waals surface area contributed by atoms with E-state index in [1.54, 1.807) is 12.1 Å². The molecule has 0 spiro atoms. The largest absolute Gasteiger partial charge is 0.496 e. The monoisotopic (exact) mass is 484 g/mol. The highest BCUT2D eigenvalue weighted by Gasteiger charge is 2.32. The Morgan fingerprint density at radius 3 is 2.74 bits per heavy atom. The van der Waals surface area contributed by atoms with Crippen LogP contribution in [0.1, 0.15) is 22.5 Å². The SMILES string of the molecule is COc1cc(-n2c3c(c4ncnc(N)c42)COC3)ccc1CC(=O)Nc1ccc(C(F)(F)F)nc1. The molecule has 1 aromatic carbocycles. The summed E-state index contributed by atoms with van der Waals surface area (Å²) < 4.78 is 51.1. The second kappa shape index (κ2) is 8.55. The smallest absolute Gasteiger partial charge is 0.433 e. The summed E-state index contributed by atoms with van der Waals surface area (Å²) in [6, 6.07) is 7.29. The Hall–Kier alpha value is -4.19. The molecule has 0 saturated carbocycles. The van der Waals surface area contributed by atoms with Gasteiger partial charge in [0.15, 0.2) is 5.82 Å². The van der Waals surface area contributed by atoms with Crippen molar-refractivity contribution in [1.29, 1.82) is 0 Å². The van der Waals surface area contributed by atoms with Gasteiger partial charge in [-0.25, -0.2) is 15.0 Å². The number of methoxy groups -OCH3 is 1. The molecule has 0 atom stereocenters. The van der Waals surface area contributed by atoms with Crippen LogP contribution in [0.15, 0.2) is 42.9 Å². The highest BCUT2D eigenvalue weighted by molar-refractivity contribution is 5.93. The maximum absolute atomic E-state index is 12.7. The van der Waals surface area contributed by atoms with E-state index in [1.165, 1.54) is 13.4 Å². The van der Waals surface area contributed by atoms with Crippen LogP contribution in [-0.2, 0) is 35.3 Å². The van der Waals surface area contributed by atoms with Crippen LogP contribution in [0, 0.1) is 0 Å². The number of nitrogen functional groups attached to an aromatic ring is 1. The maximum Gasteiger partial charge on any atom is 0.433 e. The molecule has 0 unspecified atom stereocenters. The molecule has 3 N–H and O–H groups in total. The van der Waals surface area contributed by atoms with Gasteiger partial charge in [-0.2, -0.15) is 13.2 Å². The number of nitrogens with two attached hydrogens (primary N) is 1. The third kappa shape index (κ3) is 4.12. The van der Waals surface area contributed by atoms with Crippen molar-refractivity contribution in [2.45, 2.75) is 25.8 Å². The predicted molar refractivity (Wildman–Crippen MR) is 120 cm³/mol. The van der Waals surface area contributed by atoms with E-state index >= 15 is 0 Å². The normalized spacial score (nSPS) is 13.1. The van der Waals surface area contributed by atoms with E-state index in [0.717, 1.165) is 40.8 Å². The quantitative estimate of drug-likeness (QED) is 0.444. The number of carbonyl (C=O) groups is 1. The van der Waals surface area contributed by atoms with E-state index < -0.39 is 17.8 Å². The molecule has 5 rings (SSSR count). The third-order valence-electron chi connectivity index (χ3n) is 5.68. The summed E-state index contributed by atoms with van der Waals surface area (Å²) in [6.45, 7) is 0.808. The predicted octanol–water partition coefficient (Wildman–Crippen LogP) is 3.64. The van der Waals surface area contributed by atoms with Crippen LogP contribution in [0.5, 0.6) is 5.75 Å². The lowest BCUT2D eigenvalue weighted by Gasteiger charge is -2.14. The first-order valence-corrected chi connectivity index (χ1v) is 10.5. The molecular weight excluding hydrogens is 465 g/mol. The first-order chi connectivity index (χ1) is 16.8. The van der Waals surface area contributed by atoms with Crippen molar-refractivity contribution >= 4 is 28.4 Å². The van der Waals surface area contributed by atoms with Crippen molar-refractivity contribution in [3.63, 3.8) is 0 Å². The number of alkyl halides is 3. The van der Waals surface area contributed by atoms with Gasteiger partial charge in [0.05, 0.1) is 44.3 Å². The topological polar surface area (TPSA) is 117 Å². The van der Waals surface area contributed by atoms with Gasteiger partial charge < -0.3 is 25.1 Å². The summed E-state index contributed by atoms with van der Waals surface area (Å²) in [4.78, 5) is 24.4. The van der Waals surface area contributed by atoms with Gasteiger partial charge in [0.25, 0.3) is 0 Å². The molecule has 4 aromatic rings. The van der Waals surface area contributed by atoms with Crippen LogP contribution in [0.25, 0.3) is 16.7 Å². The van der Waals surface area contributed by atoms with Gasteiger partial charge in [-0.3, -0.25) is 4.79 Å². The van der Waals surface area contributed by atoms with Crippen molar-refractivity contribution in [2.24, 2.45) is 0 Å². The molecule has 4 heterocycles. The Kier molecular flexibility index (Phi) is 5.52. The number of aromatic nitrogens is 4. The van der Waals surface area contributed by atoms with E-state index in [-0.39, 0.29) is 12.1 Å². The molecule has 3 aromatic heterocycles. The fourth-order valence-electron chi connectivity index (χ4n) is 4.11. The van der Waals surface area contributed by atoms with Crippen LogP contribution in [-0.4, -0.2) is 32.5 Å². The van der Waals surface area contributed by atoms with Crippen LogP contribution >= 0.6 is 0 Å². The highest BCUT2D eigenvalue weighted by Crippen LogP contribution is 2.36. The molecule has 1 aliphatic heterocycles. The lowest BCUT2D eigenvalue weighted by atomic mass is 10.1. The van der Waals surface area contributed by atoms with Crippen LogP contribution in [0.3, 0.4) is 0 Å². The van der Waals surface area contributed by atoms with E-state index in [2.05, 4.69) is 20.3 Å². The molecule has 0 bridgehead atoms. The number of halogens is 3. The molecule has 0 saturated heterocycles. The number of nitrogens with zero attached hydrogens (tertiary/aromatic N) is 4. The van der Waals surface area contributed by atoms with Crippen LogP contribution in [0.2, 0.25) is 0 Å². The molecule has 180 valence electrons. The first kappa shape index (κ1) is 22.6. The van der Waals surface area contributed by atoms with Gasteiger partial charge in [-0.15, -0.1) is 0 Å². The van der Waals surface area contributed by atoms with Crippen molar-refractivity contribution in [2.75, 3.05) is 18.2 Å². The molecule has 1 aliphatic rings. The molecule has 0 fully saturated rings. The second-order valence-corrected chi connectivity index (χ2v) is 7.86. The molecule has 0 radical (unpaired) electrons. The van der Waals surface area contributed by atoms with Crippen molar-refractivity contribution in [3.05, 3.63) is 65.4 Å².